The second kappa shape index (κ2) is 3.84. The van der Waals surface area contributed by atoms with Crippen molar-refractivity contribution in [1.82, 2.24) is 15.2 Å². The number of nitrogens with one attached hydrogen (secondary N) is 2. The summed E-state index contributed by atoms with van der Waals surface area (Å²) in [4.78, 5) is 4.10. The first kappa shape index (κ1) is 9.89. The van der Waals surface area contributed by atoms with Gasteiger partial charge in [0.15, 0.2) is 5.82 Å². The molecule has 1 aromatic heterocycles. The van der Waals surface area contributed by atoms with Crippen molar-refractivity contribution in [2.24, 2.45) is 0 Å². The van der Waals surface area contributed by atoms with E-state index in [1.54, 1.807) is 6.07 Å². The maximum absolute atomic E-state index is 5.87. The third kappa shape index (κ3) is 1.89. The first-order chi connectivity index (χ1) is 6.66. The highest BCUT2D eigenvalue weighted by molar-refractivity contribution is 9.10. The summed E-state index contributed by atoms with van der Waals surface area (Å²) < 4.78 is 1.34. The molecule has 1 heterocycles. The molecule has 0 amide bonds. The van der Waals surface area contributed by atoms with Gasteiger partial charge in [-0.1, -0.05) is 27.5 Å². The van der Waals surface area contributed by atoms with Crippen LogP contribution in [0, 0.1) is 4.77 Å². The molecule has 0 saturated carbocycles. The molecule has 0 spiro atoms. The minimum atomic E-state index is 0.423. The minimum Gasteiger partial charge on any atom is -0.282 e. The van der Waals surface area contributed by atoms with E-state index in [9.17, 15) is 0 Å². The topological polar surface area (TPSA) is 44.5 Å². The molecule has 0 atom stereocenters. The molecule has 2 rings (SSSR count). The van der Waals surface area contributed by atoms with E-state index in [4.69, 9.17) is 23.8 Å². The van der Waals surface area contributed by atoms with E-state index in [0.29, 0.717) is 15.6 Å². The van der Waals surface area contributed by atoms with Crippen molar-refractivity contribution < 1.29 is 0 Å². The maximum Gasteiger partial charge on any atom is 0.213 e. The minimum absolute atomic E-state index is 0.423. The molecular weight excluding hydrogens is 286 g/mol. The number of nitrogens with zero attached hydrogens (tertiary/aromatic N) is 1. The lowest BCUT2D eigenvalue weighted by atomic mass is 10.2. The van der Waals surface area contributed by atoms with E-state index >= 15 is 0 Å². The van der Waals surface area contributed by atoms with Crippen molar-refractivity contribution in [3.05, 3.63) is 32.5 Å². The van der Waals surface area contributed by atoms with Crippen LogP contribution in [0.3, 0.4) is 0 Å². The molecule has 0 aliphatic heterocycles. The predicted molar refractivity (Wildman–Crippen MR) is 61.9 cm³/mol. The molecule has 6 heteroatoms. The van der Waals surface area contributed by atoms with Gasteiger partial charge >= 0.3 is 0 Å². The Bertz CT molecular complexity index is 519. The van der Waals surface area contributed by atoms with Crippen molar-refractivity contribution in [3.8, 4) is 11.4 Å². The van der Waals surface area contributed by atoms with Gasteiger partial charge in [-0.2, -0.15) is 4.98 Å². The Balaban J connectivity index is 2.61. The molecule has 0 aliphatic carbocycles. The summed E-state index contributed by atoms with van der Waals surface area (Å²) in [5.41, 5.74) is 0.879. The lowest BCUT2D eigenvalue weighted by Gasteiger charge is -2.00. The zero-order chi connectivity index (χ0) is 10.1. The van der Waals surface area contributed by atoms with Crippen molar-refractivity contribution in [2.45, 2.75) is 0 Å². The molecule has 0 aliphatic rings. The van der Waals surface area contributed by atoms with Gasteiger partial charge in [-0.25, -0.2) is 0 Å². The molecular formula is C8H5BrClN3S. The summed E-state index contributed by atoms with van der Waals surface area (Å²) in [6.07, 6.45) is 0. The van der Waals surface area contributed by atoms with Crippen LogP contribution in [0.1, 0.15) is 0 Å². The van der Waals surface area contributed by atoms with Crippen LogP contribution in [0.4, 0.5) is 0 Å². The number of halogens is 2. The lowest BCUT2D eigenvalue weighted by Crippen LogP contribution is -1.82. The van der Waals surface area contributed by atoms with Crippen molar-refractivity contribution in [3.63, 3.8) is 0 Å². The number of hydrogen-bond acceptors (Lipinski definition) is 2. The van der Waals surface area contributed by atoms with Crippen LogP contribution >= 0.6 is 39.7 Å². The first-order valence-corrected chi connectivity index (χ1v) is 5.35. The molecule has 0 fully saturated rings. The molecule has 0 saturated heterocycles. The Morgan fingerprint density at radius 1 is 1.36 bits per heavy atom. The van der Waals surface area contributed by atoms with Crippen LogP contribution in [0.2, 0.25) is 5.02 Å². The van der Waals surface area contributed by atoms with Crippen molar-refractivity contribution >= 4 is 39.7 Å². The van der Waals surface area contributed by atoms with E-state index in [-0.39, 0.29) is 0 Å². The fraction of sp³-hybridized carbons (Fsp3) is 0. The highest BCUT2D eigenvalue weighted by Gasteiger charge is 2.06. The van der Waals surface area contributed by atoms with Crippen LogP contribution < -0.4 is 0 Å². The van der Waals surface area contributed by atoms with Gasteiger partial charge in [0.25, 0.3) is 0 Å². The Morgan fingerprint density at radius 2 is 2.14 bits per heavy atom. The fourth-order valence-corrected chi connectivity index (χ4v) is 1.83. The molecule has 2 N–H and O–H groups in total. The van der Waals surface area contributed by atoms with E-state index in [0.717, 1.165) is 10.0 Å². The number of H-pyrrole nitrogens is 2. The van der Waals surface area contributed by atoms with E-state index < -0.39 is 0 Å². The van der Waals surface area contributed by atoms with Gasteiger partial charge in [-0.05, 0) is 30.4 Å². The number of hydrogen-bond donors (Lipinski definition) is 2. The zero-order valence-electron chi connectivity index (χ0n) is 6.84. The summed E-state index contributed by atoms with van der Waals surface area (Å²) in [5, 5.41) is 6.25. The monoisotopic (exact) mass is 289 g/mol. The quantitative estimate of drug-likeness (QED) is 0.789. The molecule has 0 radical (unpaired) electrons. The smallest absolute Gasteiger partial charge is 0.213 e. The fourth-order valence-electron chi connectivity index (χ4n) is 1.08. The summed E-state index contributed by atoms with van der Waals surface area (Å²) in [7, 11) is 0. The van der Waals surface area contributed by atoms with Gasteiger partial charge in [-0.15, -0.1) is 0 Å². The van der Waals surface area contributed by atoms with Gasteiger partial charge < -0.3 is 0 Å². The lowest BCUT2D eigenvalue weighted by molar-refractivity contribution is 1.08. The molecule has 2 aromatic rings. The average molecular weight is 291 g/mol. The van der Waals surface area contributed by atoms with Gasteiger partial charge in [0.2, 0.25) is 4.77 Å². The second-order valence-electron chi connectivity index (χ2n) is 2.64. The van der Waals surface area contributed by atoms with Crippen molar-refractivity contribution in [2.75, 3.05) is 0 Å². The SMILES string of the molecule is S=c1nc(-c2cc(Cl)ccc2Br)[nH][nH]1. The Morgan fingerprint density at radius 3 is 2.79 bits per heavy atom. The average Bonchev–Trinajstić information content (AvgIpc) is 2.56. The summed E-state index contributed by atoms with van der Waals surface area (Å²) in [6, 6.07) is 5.48. The summed E-state index contributed by atoms with van der Waals surface area (Å²) in [5.74, 6) is 0.671. The van der Waals surface area contributed by atoms with Crippen molar-refractivity contribution in [1.29, 1.82) is 0 Å². The van der Waals surface area contributed by atoms with Gasteiger partial charge in [0.1, 0.15) is 0 Å². The van der Waals surface area contributed by atoms with Crippen LogP contribution in [0.15, 0.2) is 22.7 Å². The van der Waals surface area contributed by atoms with E-state index in [2.05, 4.69) is 31.1 Å². The first-order valence-electron chi connectivity index (χ1n) is 3.77. The Kier molecular flexibility index (Phi) is 2.71. The molecule has 3 nitrogen and oxygen atoms in total. The third-order valence-corrected chi connectivity index (χ3v) is 2.80. The highest BCUT2D eigenvalue weighted by atomic mass is 79.9. The van der Waals surface area contributed by atoms with Crippen LogP contribution in [0.25, 0.3) is 11.4 Å². The van der Waals surface area contributed by atoms with Gasteiger partial charge in [0.05, 0.1) is 0 Å². The number of benzene rings is 1. The number of aromatic nitrogens is 3. The normalized spacial score (nSPS) is 10.4. The van der Waals surface area contributed by atoms with Crippen LogP contribution in [0.5, 0.6) is 0 Å². The third-order valence-electron chi connectivity index (χ3n) is 1.68. The summed E-state index contributed by atoms with van der Waals surface area (Å²) in [6.45, 7) is 0. The molecule has 1 aromatic carbocycles. The highest BCUT2D eigenvalue weighted by Crippen LogP contribution is 2.28. The Labute approximate surface area is 98.6 Å². The van der Waals surface area contributed by atoms with E-state index in [1.165, 1.54) is 0 Å². The van der Waals surface area contributed by atoms with Gasteiger partial charge in [-0.3, -0.25) is 10.2 Å². The molecule has 72 valence electrons. The van der Waals surface area contributed by atoms with Crippen LogP contribution in [-0.4, -0.2) is 15.2 Å². The summed E-state index contributed by atoms with van der Waals surface area (Å²) >= 11 is 14.1. The van der Waals surface area contributed by atoms with Crippen LogP contribution in [-0.2, 0) is 0 Å². The second-order valence-corrected chi connectivity index (χ2v) is 4.32. The molecule has 0 unspecified atom stereocenters. The van der Waals surface area contributed by atoms with E-state index in [1.807, 2.05) is 12.1 Å². The maximum atomic E-state index is 5.87. The zero-order valence-corrected chi connectivity index (χ0v) is 10.0. The Hall–Kier alpha value is -0.650. The largest absolute Gasteiger partial charge is 0.282 e. The predicted octanol–water partition coefficient (Wildman–Crippen LogP) is 3.55. The number of aromatic amines is 2. The van der Waals surface area contributed by atoms with Gasteiger partial charge in [0, 0.05) is 15.1 Å². The molecule has 0 bridgehead atoms. The standard InChI is InChI=1S/C8H5BrClN3S/c9-6-2-1-4(10)3-5(6)7-11-8(14)13-12-7/h1-3H,(H2,11,12,13,14). The molecule has 14 heavy (non-hydrogen) atoms. The number of rotatable bonds is 1.